The van der Waals surface area contributed by atoms with E-state index in [-0.39, 0.29) is 23.0 Å². The van der Waals surface area contributed by atoms with E-state index in [0.29, 0.717) is 11.3 Å². The molecule has 0 aromatic heterocycles. The number of methoxy groups -OCH3 is 1. The first-order valence-electron chi connectivity index (χ1n) is 8.47. The number of aliphatic imine (C=N–C) groups is 1. The molecule has 0 radical (unpaired) electrons. The molecular weight excluding hydrogens is 336 g/mol. The molecule has 3 unspecified atom stereocenters. The summed E-state index contributed by atoms with van der Waals surface area (Å²) in [6.07, 6.45) is -0.310. The molecule has 3 atom stereocenters. The summed E-state index contributed by atoms with van der Waals surface area (Å²) in [7, 11) is 1.43. The second-order valence-corrected chi connectivity index (χ2v) is 7.53. The number of hydrogen-bond acceptors (Lipinski definition) is 5. The van der Waals surface area contributed by atoms with Gasteiger partial charge in [-0.2, -0.15) is 0 Å². The minimum Gasteiger partial charge on any atom is -0.504 e. The van der Waals surface area contributed by atoms with Crippen LogP contribution < -0.4 is 10.1 Å². The smallest absolute Gasteiger partial charge is 0.341 e. The lowest BCUT2D eigenvalue weighted by atomic mass is 9.87. The lowest BCUT2D eigenvalue weighted by Crippen LogP contribution is -2.45. The van der Waals surface area contributed by atoms with Crippen molar-refractivity contribution in [1.82, 2.24) is 5.32 Å². The van der Waals surface area contributed by atoms with Crippen LogP contribution in [-0.4, -0.2) is 36.0 Å². The van der Waals surface area contributed by atoms with Crippen LogP contribution in [0.25, 0.3) is 0 Å². The first kappa shape index (κ1) is 19.8. The summed E-state index contributed by atoms with van der Waals surface area (Å²) in [5.74, 6) is -0.978. The molecule has 7 heteroatoms. The highest BCUT2D eigenvalue weighted by atomic mass is 16.5. The van der Waals surface area contributed by atoms with Crippen molar-refractivity contribution in [1.29, 1.82) is 0 Å². The summed E-state index contributed by atoms with van der Waals surface area (Å²) < 4.78 is 10.8. The van der Waals surface area contributed by atoms with Gasteiger partial charge in [0.1, 0.15) is 12.0 Å². The minimum absolute atomic E-state index is 0.0238. The van der Waals surface area contributed by atoms with Gasteiger partial charge >= 0.3 is 12.0 Å². The number of ether oxygens (including phenoxy) is 2. The van der Waals surface area contributed by atoms with Gasteiger partial charge in [0.15, 0.2) is 11.5 Å². The number of carbonyl (C=O) groups is 2. The molecule has 142 valence electrons. The molecular formula is C19H26N2O5. The number of urea groups is 1. The van der Waals surface area contributed by atoms with Crippen molar-refractivity contribution in [3.05, 3.63) is 23.8 Å². The van der Waals surface area contributed by atoms with Crippen LogP contribution in [0.4, 0.5) is 4.79 Å². The number of phenolic OH excluding ortho intramolecular Hbond substituents is 1. The maximum atomic E-state index is 12.8. The molecule has 1 aromatic carbocycles. The van der Waals surface area contributed by atoms with Gasteiger partial charge in [-0.25, -0.2) is 9.79 Å². The van der Waals surface area contributed by atoms with E-state index in [9.17, 15) is 14.7 Å². The number of nitrogens with one attached hydrogen (secondary N) is 1. The van der Waals surface area contributed by atoms with Crippen LogP contribution in [-0.2, 0) is 9.53 Å². The van der Waals surface area contributed by atoms with Gasteiger partial charge < -0.3 is 19.9 Å². The Kier molecular flexibility index (Phi) is 5.59. The highest BCUT2D eigenvalue weighted by Crippen LogP contribution is 2.34. The van der Waals surface area contributed by atoms with E-state index in [1.54, 1.807) is 19.1 Å². The van der Waals surface area contributed by atoms with Crippen LogP contribution in [0.1, 0.15) is 46.2 Å². The molecule has 26 heavy (non-hydrogen) atoms. The number of phenols is 1. The topological polar surface area (TPSA) is 97.2 Å². The van der Waals surface area contributed by atoms with Gasteiger partial charge in [0.2, 0.25) is 0 Å². The zero-order chi connectivity index (χ0) is 19.6. The number of aromatic hydroxyl groups is 1. The first-order chi connectivity index (χ1) is 12.0. The van der Waals surface area contributed by atoms with E-state index in [1.807, 2.05) is 27.7 Å². The largest absolute Gasteiger partial charge is 0.504 e. The number of esters is 1. The molecule has 1 aliphatic heterocycles. The van der Waals surface area contributed by atoms with E-state index in [2.05, 4.69) is 10.3 Å². The fourth-order valence-corrected chi connectivity index (χ4v) is 2.61. The van der Waals surface area contributed by atoms with Crippen LogP contribution in [0.15, 0.2) is 23.2 Å². The number of carbonyl (C=O) groups excluding carboxylic acids is 2. The van der Waals surface area contributed by atoms with Crippen molar-refractivity contribution in [3.8, 4) is 11.5 Å². The Bertz CT molecular complexity index is 736. The molecule has 0 saturated carbocycles. The first-order valence-corrected chi connectivity index (χ1v) is 8.47. The summed E-state index contributed by atoms with van der Waals surface area (Å²) in [4.78, 5) is 28.6. The van der Waals surface area contributed by atoms with Crippen LogP contribution in [0.2, 0.25) is 0 Å². The third-order valence-electron chi connectivity index (χ3n) is 4.67. The second kappa shape index (κ2) is 7.35. The quantitative estimate of drug-likeness (QED) is 0.802. The Morgan fingerprint density at radius 3 is 2.58 bits per heavy atom. The van der Waals surface area contributed by atoms with E-state index in [0.717, 1.165) is 0 Å². The van der Waals surface area contributed by atoms with E-state index in [1.165, 1.54) is 13.2 Å². The number of hydrogen-bond donors (Lipinski definition) is 2. The number of amides is 2. The third-order valence-corrected chi connectivity index (χ3v) is 4.67. The molecule has 0 fully saturated rings. The predicted octanol–water partition coefficient (Wildman–Crippen LogP) is 3.22. The number of nitrogens with zero attached hydrogens (tertiary/aromatic N) is 1. The summed E-state index contributed by atoms with van der Waals surface area (Å²) >= 11 is 0. The van der Waals surface area contributed by atoms with E-state index in [4.69, 9.17) is 9.47 Å². The fraction of sp³-hybridized carbons (Fsp3) is 0.526. The Morgan fingerprint density at radius 1 is 1.35 bits per heavy atom. The van der Waals surface area contributed by atoms with Crippen molar-refractivity contribution in [2.45, 2.75) is 46.8 Å². The lowest BCUT2D eigenvalue weighted by molar-refractivity contribution is -0.156. The Labute approximate surface area is 153 Å². The summed E-state index contributed by atoms with van der Waals surface area (Å²) in [6.45, 7) is 9.42. The average Bonchev–Trinajstić information content (AvgIpc) is 2.53. The minimum atomic E-state index is -0.758. The van der Waals surface area contributed by atoms with Crippen LogP contribution >= 0.6 is 0 Å². The molecule has 0 saturated heterocycles. The molecule has 0 aliphatic carbocycles. The monoisotopic (exact) mass is 362 g/mol. The SMILES string of the molecule is COc1cc(C2NC(=O)N=C(C)C2C(=O)OC(C)C(C)(C)C)ccc1O. The average molecular weight is 362 g/mol. The number of benzene rings is 1. The highest BCUT2D eigenvalue weighted by Gasteiger charge is 2.39. The third kappa shape index (κ3) is 4.15. The van der Waals surface area contributed by atoms with Crippen LogP contribution in [0.5, 0.6) is 11.5 Å². The molecule has 2 amide bonds. The number of rotatable bonds is 4. The Morgan fingerprint density at radius 2 is 2.00 bits per heavy atom. The molecule has 1 heterocycles. The Balaban J connectivity index is 2.38. The second-order valence-electron chi connectivity index (χ2n) is 7.53. The predicted molar refractivity (Wildman–Crippen MR) is 97.5 cm³/mol. The summed E-state index contributed by atoms with van der Waals surface area (Å²) in [5.41, 5.74) is 0.792. The highest BCUT2D eigenvalue weighted by molar-refractivity contribution is 6.08. The van der Waals surface area contributed by atoms with Gasteiger partial charge in [-0.05, 0) is 37.0 Å². The van der Waals surface area contributed by atoms with Gasteiger partial charge in [-0.3, -0.25) is 4.79 Å². The molecule has 1 aromatic rings. The summed E-state index contributed by atoms with van der Waals surface area (Å²) in [5, 5.41) is 12.5. The van der Waals surface area contributed by atoms with Crippen molar-refractivity contribution < 1.29 is 24.2 Å². The van der Waals surface area contributed by atoms with Gasteiger partial charge in [-0.15, -0.1) is 0 Å². The van der Waals surface area contributed by atoms with Gasteiger partial charge in [-0.1, -0.05) is 26.8 Å². The zero-order valence-corrected chi connectivity index (χ0v) is 16.0. The van der Waals surface area contributed by atoms with Gasteiger partial charge in [0.05, 0.1) is 13.2 Å². The fourth-order valence-electron chi connectivity index (χ4n) is 2.61. The normalized spacial score (nSPS) is 21.5. The van der Waals surface area contributed by atoms with Crippen molar-refractivity contribution in [2.24, 2.45) is 16.3 Å². The standard InChI is InChI=1S/C19H26N2O5/c1-10-15(17(23)26-11(2)19(3,4)5)16(21-18(24)20-10)12-7-8-13(22)14(9-12)25-6/h7-9,11,15-16,22H,1-6H3,(H,21,24). The van der Waals surface area contributed by atoms with Crippen molar-refractivity contribution >= 4 is 17.7 Å². The van der Waals surface area contributed by atoms with Gasteiger partial charge in [0.25, 0.3) is 0 Å². The molecule has 2 rings (SSSR count). The van der Waals surface area contributed by atoms with Gasteiger partial charge in [0, 0.05) is 5.71 Å². The molecule has 2 N–H and O–H groups in total. The summed E-state index contributed by atoms with van der Waals surface area (Å²) in [6, 6.07) is 3.50. The maximum Gasteiger partial charge on any atom is 0.341 e. The van der Waals surface area contributed by atoms with Crippen molar-refractivity contribution in [3.63, 3.8) is 0 Å². The zero-order valence-electron chi connectivity index (χ0n) is 16.0. The van der Waals surface area contributed by atoms with Crippen molar-refractivity contribution in [2.75, 3.05) is 7.11 Å². The molecule has 1 aliphatic rings. The van der Waals surface area contributed by atoms with Crippen LogP contribution in [0.3, 0.4) is 0 Å². The maximum absolute atomic E-state index is 12.8. The van der Waals surface area contributed by atoms with Crippen LogP contribution in [0, 0.1) is 11.3 Å². The molecule has 0 spiro atoms. The Hall–Kier alpha value is -2.57. The molecule has 7 nitrogen and oxygen atoms in total. The van der Waals surface area contributed by atoms with E-state index >= 15 is 0 Å². The van der Waals surface area contributed by atoms with E-state index < -0.39 is 24.0 Å². The lowest BCUT2D eigenvalue weighted by Gasteiger charge is -2.33. The molecule has 0 bridgehead atoms.